The van der Waals surface area contributed by atoms with Crippen LogP contribution in [0.3, 0.4) is 0 Å². The number of sulfonamides is 1. The number of Topliss-reactive ketones (excluding diaryl/α,β-unsaturated/α-hetero) is 1. The molecule has 0 bridgehead atoms. The maximum atomic E-state index is 12.8. The van der Waals surface area contributed by atoms with Gasteiger partial charge in [-0.1, -0.05) is 23.9 Å². The van der Waals surface area contributed by atoms with Crippen LogP contribution in [-0.2, 0) is 10.0 Å². The lowest BCUT2D eigenvalue weighted by molar-refractivity contribution is -0.384. The highest BCUT2D eigenvalue weighted by Gasteiger charge is 2.18. The molecule has 0 atom stereocenters. The van der Waals surface area contributed by atoms with E-state index in [-0.39, 0.29) is 32.9 Å². The van der Waals surface area contributed by atoms with Gasteiger partial charge in [-0.15, -0.1) is 0 Å². The molecule has 1 aromatic heterocycles. The average molecular weight is 500 g/mol. The summed E-state index contributed by atoms with van der Waals surface area (Å²) >= 11 is 1.01. The Labute approximate surface area is 198 Å². The minimum absolute atomic E-state index is 0.00617. The standard InChI is InChI=1S/C22H17N3O7S2/c1-31-17-7-5-15(6-8-17)24-34(29,30)18-9-10-21-19(12-18)23-22(32-21)33-13-20(26)14-3-2-4-16(11-14)25(27)28/h2-12,24H,13H2,1H3. The number of carbonyl (C=O) groups is 1. The number of anilines is 1. The summed E-state index contributed by atoms with van der Waals surface area (Å²) in [6.45, 7) is 0. The van der Waals surface area contributed by atoms with E-state index in [0.717, 1.165) is 11.8 Å². The number of carbonyl (C=O) groups excluding carboxylic acids is 1. The Kier molecular flexibility index (Phi) is 6.52. The van der Waals surface area contributed by atoms with Gasteiger partial charge in [-0.05, 0) is 42.5 Å². The molecule has 0 spiro atoms. The zero-order valence-electron chi connectivity index (χ0n) is 17.6. The van der Waals surface area contributed by atoms with Gasteiger partial charge < -0.3 is 9.15 Å². The fraction of sp³-hybridized carbons (Fsp3) is 0.0909. The number of aromatic nitrogens is 1. The number of hydrogen-bond acceptors (Lipinski definition) is 9. The quantitative estimate of drug-likeness (QED) is 0.152. The average Bonchev–Trinajstić information content (AvgIpc) is 3.25. The largest absolute Gasteiger partial charge is 0.497 e. The molecule has 3 aromatic carbocycles. The lowest BCUT2D eigenvalue weighted by atomic mass is 10.1. The first-order valence-electron chi connectivity index (χ1n) is 9.73. The van der Waals surface area contributed by atoms with Gasteiger partial charge in [0.2, 0.25) is 0 Å². The molecule has 0 radical (unpaired) electrons. The van der Waals surface area contributed by atoms with Gasteiger partial charge in [-0.3, -0.25) is 19.6 Å². The number of nitro groups is 1. The molecule has 0 aliphatic heterocycles. The van der Waals surface area contributed by atoms with Crippen LogP contribution in [0, 0.1) is 10.1 Å². The van der Waals surface area contributed by atoms with Crippen molar-refractivity contribution in [1.29, 1.82) is 0 Å². The van der Waals surface area contributed by atoms with Crippen LogP contribution in [0.1, 0.15) is 10.4 Å². The number of benzene rings is 3. The Morgan fingerprint density at radius 2 is 1.91 bits per heavy atom. The van der Waals surface area contributed by atoms with Crippen molar-refractivity contribution < 1.29 is 27.3 Å². The van der Waals surface area contributed by atoms with Gasteiger partial charge in [0.15, 0.2) is 11.4 Å². The fourth-order valence-corrected chi connectivity index (χ4v) is 4.80. The number of non-ortho nitro benzene ring substituents is 1. The topological polar surface area (TPSA) is 142 Å². The van der Waals surface area contributed by atoms with Crippen LogP contribution < -0.4 is 9.46 Å². The molecule has 0 amide bonds. The van der Waals surface area contributed by atoms with Gasteiger partial charge in [-0.2, -0.15) is 0 Å². The molecule has 174 valence electrons. The van der Waals surface area contributed by atoms with E-state index in [1.807, 2.05) is 0 Å². The number of hydrogen-bond donors (Lipinski definition) is 1. The second-order valence-corrected chi connectivity index (χ2v) is 9.57. The maximum Gasteiger partial charge on any atom is 0.270 e. The number of fused-ring (bicyclic) bond motifs is 1. The summed E-state index contributed by atoms with van der Waals surface area (Å²) < 4.78 is 38.7. The molecule has 0 saturated heterocycles. The maximum absolute atomic E-state index is 12.8. The van der Waals surface area contributed by atoms with E-state index in [9.17, 15) is 23.3 Å². The molecule has 0 saturated carbocycles. The highest BCUT2D eigenvalue weighted by atomic mass is 32.2. The summed E-state index contributed by atoms with van der Waals surface area (Å²) in [5.74, 6) is 0.210. The van der Waals surface area contributed by atoms with Crippen molar-refractivity contribution in [2.75, 3.05) is 17.6 Å². The van der Waals surface area contributed by atoms with Crippen LogP contribution in [0.2, 0.25) is 0 Å². The van der Waals surface area contributed by atoms with E-state index < -0.39 is 14.9 Å². The zero-order valence-corrected chi connectivity index (χ0v) is 19.3. The third-order valence-corrected chi connectivity index (χ3v) is 6.90. The fourth-order valence-electron chi connectivity index (χ4n) is 2.99. The number of methoxy groups -OCH3 is 1. The molecule has 1 N–H and O–H groups in total. The van der Waals surface area contributed by atoms with Crippen LogP contribution in [0.4, 0.5) is 11.4 Å². The van der Waals surface area contributed by atoms with Gasteiger partial charge >= 0.3 is 0 Å². The third kappa shape index (κ3) is 5.18. The molecule has 10 nitrogen and oxygen atoms in total. The summed E-state index contributed by atoms with van der Waals surface area (Å²) in [5, 5.41) is 11.1. The smallest absolute Gasteiger partial charge is 0.270 e. The van der Waals surface area contributed by atoms with Crippen LogP contribution >= 0.6 is 11.8 Å². The van der Waals surface area contributed by atoms with Crippen molar-refractivity contribution in [3.63, 3.8) is 0 Å². The summed E-state index contributed by atoms with van der Waals surface area (Å²) in [6.07, 6.45) is 0. The van der Waals surface area contributed by atoms with Crippen LogP contribution in [0.5, 0.6) is 5.75 Å². The minimum Gasteiger partial charge on any atom is -0.497 e. The first-order valence-corrected chi connectivity index (χ1v) is 12.2. The van der Waals surface area contributed by atoms with E-state index >= 15 is 0 Å². The van der Waals surface area contributed by atoms with Gasteiger partial charge in [0, 0.05) is 23.4 Å². The van der Waals surface area contributed by atoms with Gasteiger partial charge in [0.05, 0.1) is 22.7 Å². The first kappa shape index (κ1) is 23.3. The Morgan fingerprint density at radius 1 is 1.15 bits per heavy atom. The summed E-state index contributed by atoms with van der Waals surface area (Å²) in [5.41, 5.74) is 1.07. The van der Waals surface area contributed by atoms with Gasteiger partial charge in [0.1, 0.15) is 11.3 Å². The first-order chi connectivity index (χ1) is 16.2. The Balaban J connectivity index is 1.47. The second kappa shape index (κ2) is 9.53. The number of nitro benzene ring substituents is 1. The highest BCUT2D eigenvalue weighted by molar-refractivity contribution is 7.99. The third-order valence-electron chi connectivity index (χ3n) is 4.70. The summed E-state index contributed by atoms with van der Waals surface area (Å²) in [4.78, 5) is 27.0. The van der Waals surface area contributed by atoms with E-state index in [4.69, 9.17) is 9.15 Å². The molecule has 0 unspecified atom stereocenters. The molecule has 0 fully saturated rings. The van der Waals surface area contributed by atoms with Crippen molar-refractivity contribution in [3.8, 4) is 5.75 Å². The highest BCUT2D eigenvalue weighted by Crippen LogP contribution is 2.27. The SMILES string of the molecule is COc1ccc(NS(=O)(=O)c2ccc3oc(SCC(=O)c4cccc([N+](=O)[O-])c4)nc3c2)cc1. The van der Waals surface area contributed by atoms with E-state index in [2.05, 4.69) is 9.71 Å². The van der Waals surface area contributed by atoms with Gasteiger partial charge in [-0.25, -0.2) is 13.4 Å². The molecule has 1 heterocycles. The molecule has 4 rings (SSSR count). The van der Waals surface area contributed by atoms with Crippen molar-refractivity contribution in [2.45, 2.75) is 10.1 Å². The predicted molar refractivity (Wildman–Crippen MR) is 126 cm³/mol. The number of rotatable bonds is 9. The molecule has 34 heavy (non-hydrogen) atoms. The number of nitrogens with one attached hydrogen (secondary N) is 1. The van der Waals surface area contributed by atoms with Crippen LogP contribution in [-0.4, -0.2) is 37.0 Å². The zero-order chi connectivity index (χ0) is 24.3. The van der Waals surface area contributed by atoms with E-state index in [1.165, 1.54) is 49.6 Å². The number of oxazole rings is 1. The van der Waals surface area contributed by atoms with Crippen molar-refractivity contribution in [1.82, 2.24) is 4.98 Å². The molecule has 12 heteroatoms. The Hall–Kier alpha value is -3.90. The lowest BCUT2D eigenvalue weighted by Crippen LogP contribution is -2.12. The van der Waals surface area contributed by atoms with Crippen molar-refractivity contribution >= 4 is 50.0 Å². The number of thioether (sulfide) groups is 1. The number of ketones is 1. The van der Waals surface area contributed by atoms with E-state index in [0.29, 0.717) is 22.5 Å². The molecule has 4 aromatic rings. The van der Waals surface area contributed by atoms with Crippen molar-refractivity contribution in [3.05, 3.63) is 82.4 Å². The van der Waals surface area contributed by atoms with Gasteiger partial charge in [0.25, 0.3) is 20.9 Å². The molecular formula is C22H17N3O7S2. The van der Waals surface area contributed by atoms with Crippen LogP contribution in [0.25, 0.3) is 11.1 Å². The number of ether oxygens (including phenoxy) is 1. The molecular weight excluding hydrogens is 482 g/mol. The van der Waals surface area contributed by atoms with Crippen molar-refractivity contribution in [2.24, 2.45) is 0 Å². The summed E-state index contributed by atoms with van der Waals surface area (Å²) in [7, 11) is -2.36. The number of nitrogens with zero attached hydrogens (tertiary/aromatic N) is 2. The predicted octanol–water partition coefficient (Wildman–Crippen LogP) is 4.52. The Morgan fingerprint density at radius 3 is 2.62 bits per heavy atom. The van der Waals surface area contributed by atoms with Crippen LogP contribution in [0.15, 0.2) is 81.3 Å². The minimum atomic E-state index is -3.88. The molecule has 0 aliphatic rings. The van der Waals surface area contributed by atoms with E-state index in [1.54, 1.807) is 24.3 Å². The second-order valence-electron chi connectivity index (χ2n) is 6.96. The normalized spacial score (nSPS) is 11.3. The lowest BCUT2D eigenvalue weighted by Gasteiger charge is -2.08. The molecule has 0 aliphatic carbocycles. The summed E-state index contributed by atoms with van der Waals surface area (Å²) in [6, 6.07) is 16.1. The Bertz CT molecular complexity index is 1480. The monoisotopic (exact) mass is 499 g/mol.